The number of carbonyl (C=O) groups excluding carboxylic acids is 2. The van der Waals surface area contributed by atoms with E-state index < -0.39 is 75.7 Å². The summed E-state index contributed by atoms with van der Waals surface area (Å²) in [6.45, 7) is 3.25. The second-order valence-electron chi connectivity index (χ2n) is 17.3. The van der Waals surface area contributed by atoms with Crippen molar-refractivity contribution in [1.82, 2.24) is 0 Å². The Morgan fingerprint density at radius 3 is 1.32 bits per heavy atom. The van der Waals surface area contributed by atoms with Gasteiger partial charge in [0.15, 0.2) is 6.10 Å². The Labute approximate surface area is 392 Å². The van der Waals surface area contributed by atoms with Gasteiger partial charge in [-0.3, -0.25) is 18.6 Å². The number of unbranched alkanes of at least 4 members (excludes halogenated alkanes) is 19. The smallest absolute Gasteiger partial charge is 0.462 e. The summed E-state index contributed by atoms with van der Waals surface area (Å²) >= 11 is 0. The summed E-state index contributed by atoms with van der Waals surface area (Å²) in [5, 5.41) is 50.2. The molecule has 0 radical (unpaired) electrons. The van der Waals surface area contributed by atoms with Crippen molar-refractivity contribution in [1.29, 1.82) is 0 Å². The average molecular weight is 941 g/mol. The molecule has 0 aromatic rings. The fourth-order valence-corrected chi connectivity index (χ4v) is 8.24. The average Bonchev–Trinajstić information content (AvgIpc) is 3.29. The van der Waals surface area contributed by atoms with Crippen molar-refractivity contribution in [2.45, 2.75) is 236 Å². The van der Waals surface area contributed by atoms with Gasteiger partial charge in [0.05, 0.1) is 6.61 Å². The lowest BCUT2D eigenvalue weighted by Crippen LogP contribution is -2.64. The molecule has 6 unspecified atom stereocenters. The van der Waals surface area contributed by atoms with E-state index in [0.29, 0.717) is 12.8 Å². The highest BCUT2D eigenvalue weighted by Gasteiger charge is 2.51. The molecule has 1 aliphatic rings. The van der Waals surface area contributed by atoms with Crippen molar-refractivity contribution >= 4 is 19.8 Å². The molecule has 0 aromatic heterocycles. The first-order chi connectivity index (χ1) is 31.4. The topological polar surface area (TPSA) is 210 Å². The Morgan fingerprint density at radius 2 is 0.831 bits per heavy atom. The van der Waals surface area contributed by atoms with Crippen LogP contribution in [0.5, 0.6) is 0 Å². The van der Waals surface area contributed by atoms with Crippen molar-refractivity contribution in [3.63, 3.8) is 0 Å². The van der Waals surface area contributed by atoms with Crippen LogP contribution < -0.4 is 0 Å². The zero-order chi connectivity index (χ0) is 47.8. The maximum atomic E-state index is 12.8. The number of carbonyl (C=O) groups is 2. The molecule has 0 amide bonds. The minimum atomic E-state index is -5.13. The van der Waals surface area contributed by atoms with E-state index in [-0.39, 0.29) is 12.8 Å². The van der Waals surface area contributed by atoms with Crippen LogP contribution in [-0.4, -0.2) is 98.3 Å². The zero-order valence-corrected chi connectivity index (χ0v) is 40.9. The Bertz CT molecular complexity index is 1370. The number of phosphoric ester groups is 1. The molecule has 1 saturated carbocycles. The SMILES string of the molecule is CCCCC/C=C\C/C=C\C/C=C\C/C=C\CCCCCC(=O)OC[C@H](COP(=O)(O)OC1C(O)C(O)C(O)[C@@H](O)C1O)OC(=O)CCCCCCCCC/C=C\CCCCCCCC. The van der Waals surface area contributed by atoms with Crippen LogP contribution in [-0.2, 0) is 32.7 Å². The van der Waals surface area contributed by atoms with E-state index in [9.17, 15) is 44.6 Å². The highest BCUT2D eigenvalue weighted by atomic mass is 31.2. The van der Waals surface area contributed by atoms with Gasteiger partial charge in [-0.1, -0.05) is 158 Å². The minimum absolute atomic E-state index is 0.0825. The lowest BCUT2D eigenvalue weighted by atomic mass is 9.85. The summed E-state index contributed by atoms with van der Waals surface area (Å²) < 4.78 is 33.6. The molecule has 0 bridgehead atoms. The molecule has 0 saturated heterocycles. The van der Waals surface area contributed by atoms with E-state index >= 15 is 0 Å². The molecule has 376 valence electrons. The minimum Gasteiger partial charge on any atom is -0.462 e. The van der Waals surface area contributed by atoms with Crippen molar-refractivity contribution in [2.24, 2.45) is 0 Å². The molecule has 1 aliphatic carbocycles. The van der Waals surface area contributed by atoms with Crippen LogP contribution in [0, 0.1) is 0 Å². The standard InChI is InChI=1S/C51H89O13P/c1-3-5-7-9-11-13-15-17-19-21-22-24-25-27-29-31-33-35-37-39-44(52)61-41-43(42-62-65(59,60)64-51-49(57)47(55)46(54)48(56)50(51)58)63-45(53)40-38-36-34-32-30-28-26-23-20-18-16-14-12-10-8-6-4-2/h11,13,17-20,22,24,27,29,43,46-51,54-58H,3-10,12,14-16,21,23,25-26,28,30-42H2,1-2H3,(H,59,60)/b13-11-,19-17-,20-18-,24-22-,29-27-/t43-,46?,47-,48?,49?,50?,51?/m1/s1. The van der Waals surface area contributed by atoms with Gasteiger partial charge in [0.2, 0.25) is 0 Å². The highest BCUT2D eigenvalue weighted by Crippen LogP contribution is 2.47. The number of aliphatic hydroxyl groups excluding tert-OH is 5. The largest absolute Gasteiger partial charge is 0.472 e. The number of aliphatic hydroxyl groups is 5. The summed E-state index contributed by atoms with van der Waals surface area (Å²) in [6.07, 6.45) is 36.9. The normalized spacial score (nSPS) is 21.9. The van der Waals surface area contributed by atoms with Crippen molar-refractivity contribution < 1.29 is 63.1 Å². The van der Waals surface area contributed by atoms with E-state index in [1.807, 2.05) is 0 Å². The summed E-state index contributed by atoms with van der Waals surface area (Å²) in [5.41, 5.74) is 0. The number of phosphoric acid groups is 1. The second kappa shape index (κ2) is 40.6. The zero-order valence-electron chi connectivity index (χ0n) is 40.0. The third kappa shape index (κ3) is 32.8. The Hall–Kier alpha value is -2.45. The van der Waals surface area contributed by atoms with Gasteiger partial charge in [-0.2, -0.15) is 0 Å². The molecular formula is C51H89O13P. The first-order valence-electron chi connectivity index (χ1n) is 25.1. The summed E-state index contributed by atoms with van der Waals surface area (Å²) in [4.78, 5) is 35.8. The molecule has 0 spiro atoms. The quantitative estimate of drug-likeness (QED) is 0.0146. The number of esters is 2. The summed E-state index contributed by atoms with van der Waals surface area (Å²) in [5.74, 6) is -1.14. The van der Waals surface area contributed by atoms with Gasteiger partial charge < -0.3 is 39.9 Å². The molecule has 65 heavy (non-hydrogen) atoms. The van der Waals surface area contributed by atoms with Gasteiger partial charge in [0, 0.05) is 12.8 Å². The number of rotatable bonds is 41. The fourth-order valence-electron chi connectivity index (χ4n) is 7.26. The van der Waals surface area contributed by atoms with Gasteiger partial charge in [-0.05, 0) is 83.5 Å². The van der Waals surface area contributed by atoms with Crippen LogP contribution in [0.1, 0.15) is 194 Å². The Kier molecular flexibility index (Phi) is 37.8. The van der Waals surface area contributed by atoms with Gasteiger partial charge >= 0.3 is 19.8 Å². The highest BCUT2D eigenvalue weighted by molar-refractivity contribution is 7.47. The van der Waals surface area contributed by atoms with Gasteiger partial charge in [0.1, 0.15) is 43.2 Å². The van der Waals surface area contributed by atoms with Crippen LogP contribution in [0.3, 0.4) is 0 Å². The summed E-state index contributed by atoms with van der Waals surface area (Å²) in [6, 6.07) is 0. The van der Waals surface area contributed by atoms with Gasteiger partial charge in [0.25, 0.3) is 0 Å². The molecule has 0 aromatic carbocycles. The van der Waals surface area contributed by atoms with Crippen molar-refractivity contribution in [2.75, 3.05) is 13.2 Å². The second-order valence-corrected chi connectivity index (χ2v) is 18.7. The third-order valence-electron chi connectivity index (χ3n) is 11.3. The molecule has 0 aliphatic heterocycles. The molecule has 1 fully saturated rings. The first kappa shape index (κ1) is 60.6. The van der Waals surface area contributed by atoms with Gasteiger partial charge in [-0.25, -0.2) is 4.57 Å². The molecule has 14 heteroatoms. The fraction of sp³-hybridized carbons (Fsp3) is 0.765. The van der Waals surface area contributed by atoms with Crippen molar-refractivity contribution in [3.05, 3.63) is 60.8 Å². The first-order valence-corrected chi connectivity index (χ1v) is 26.6. The van der Waals surface area contributed by atoms with Crippen LogP contribution in [0.2, 0.25) is 0 Å². The number of allylic oxidation sites excluding steroid dienone is 10. The predicted molar refractivity (Wildman–Crippen MR) is 258 cm³/mol. The molecule has 8 atom stereocenters. The van der Waals surface area contributed by atoms with E-state index in [4.69, 9.17) is 18.5 Å². The number of ether oxygens (including phenoxy) is 2. The lowest BCUT2D eigenvalue weighted by molar-refractivity contribution is -0.220. The molecule has 1 rings (SSSR count). The number of hydrogen-bond donors (Lipinski definition) is 6. The lowest BCUT2D eigenvalue weighted by Gasteiger charge is -2.41. The monoisotopic (exact) mass is 941 g/mol. The maximum absolute atomic E-state index is 12.8. The van der Waals surface area contributed by atoms with E-state index in [1.165, 1.54) is 70.6 Å². The predicted octanol–water partition coefficient (Wildman–Crippen LogP) is 10.5. The molecule has 6 N–H and O–H groups in total. The Balaban J connectivity index is 2.45. The third-order valence-corrected chi connectivity index (χ3v) is 12.3. The molecule has 0 heterocycles. The van der Waals surface area contributed by atoms with Crippen LogP contribution in [0.4, 0.5) is 0 Å². The van der Waals surface area contributed by atoms with Crippen LogP contribution in [0.25, 0.3) is 0 Å². The summed E-state index contributed by atoms with van der Waals surface area (Å²) in [7, 11) is -5.13. The molecule has 13 nitrogen and oxygen atoms in total. The van der Waals surface area contributed by atoms with Crippen LogP contribution >= 0.6 is 7.82 Å². The van der Waals surface area contributed by atoms with E-state index in [0.717, 1.165) is 83.5 Å². The van der Waals surface area contributed by atoms with E-state index in [1.54, 1.807) is 0 Å². The van der Waals surface area contributed by atoms with Crippen molar-refractivity contribution in [3.8, 4) is 0 Å². The van der Waals surface area contributed by atoms with Gasteiger partial charge in [-0.15, -0.1) is 0 Å². The van der Waals surface area contributed by atoms with E-state index in [2.05, 4.69) is 74.6 Å². The molecular weight excluding hydrogens is 852 g/mol. The Morgan fingerprint density at radius 1 is 0.477 bits per heavy atom. The maximum Gasteiger partial charge on any atom is 0.472 e. The van der Waals surface area contributed by atoms with Crippen LogP contribution in [0.15, 0.2) is 60.8 Å². The number of hydrogen-bond acceptors (Lipinski definition) is 12.